The predicted octanol–water partition coefficient (Wildman–Crippen LogP) is 0.755. The van der Waals surface area contributed by atoms with Crippen molar-refractivity contribution in [2.75, 3.05) is 12.9 Å². The van der Waals surface area contributed by atoms with Gasteiger partial charge in [-0.1, -0.05) is 23.7 Å². The van der Waals surface area contributed by atoms with Crippen LogP contribution in [0.25, 0.3) is 0 Å². The largest absolute Gasteiger partial charge is 0.389 e. The summed E-state index contributed by atoms with van der Waals surface area (Å²) in [5.74, 6) is 0. The molecular formula is C17H20ClN3O5S. The Morgan fingerprint density at radius 1 is 1.37 bits per heavy atom. The van der Waals surface area contributed by atoms with Crippen molar-refractivity contribution >= 4 is 21.4 Å². The Morgan fingerprint density at radius 2 is 2.11 bits per heavy atom. The zero-order chi connectivity index (χ0) is 19.2. The molecular weight excluding hydrogens is 394 g/mol. The van der Waals surface area contributed by atoms with E-state index in [1.807, 2.05) is 0 Å². The highest BCUT2D eigenvalue weighted by atomic mass is 35.5. The van der Waals surface area contributed by atoms with Crippen LogP contribution in [-0.4, -0.2) is 60.7 Å². The highest BCUT2D eigenvalue weighted by Gasteiger charge is 2.51. The fourth-order valence-corrected chi connectivity index (χ4v) is 4.28. The van der Waals surface area contributed by atoms with E-state index in [1.165, 1.54) is 12.5 Å². The highest BCUT2D eigenvalue weighted by Crippen LogP contribution is 2.35. The first-order valence-corrected chi connectivity index (χ1v) is 10.8. The fourth-order valence-electron chi connectivity index (χ4n) is 3.50. The number of nitrogens with zero attached hydrogens (tertiary/aromatic N) is 2. The lowest BCUT2D eigenvalue weighted by Gasteiger charge is -2.38. The first kappa shape index (κ1) is 18.9. The molecule has 0 saturated carbocycles. The third kappa shape index (κ3) is 3.75. The second-order valence-corrected chi connectivity index (χ2v) is 9.27. The molecule has 2 aromatic rings. The molecule has 3 heterocycles. The second kappa shape index (κ2) is 7.16. The minimum Gasteiger partial charge on any atom is -0.389 e. The molecule has 146 valence electrons. The van der Waals surface area contributed by atoms with Gasteiger partial charge in [-0.25, -0.2) is 8.42 Å². The van der Waals surface area contributed by atoms with Gasteiger partial charge in [0.2, 0.25) is 0 Å². The lowest BCUT2D eigenvalue weighted by atomic mass is 9.96. The molecule has 2 fully saturated rings. The van der Waals surface area contributed by atoms with Crippen molar-refractivity contribution in [2.24, 2.45) is 0 Å². The van der Waals surface area contributed by atoms with E-state index in [1.54, 1.807) is 35.1 Å². The van der Waals surface area contributed by atoms with Crippen LogP contribution in [-0.2, 0) is 25.9 Å². The number of sulfone groups is 1. The normalized spacial score (nSPS) is 30.6. The smallest absolute Gasteiger partial charge is 0.183 e. The van der Waals surface area contributed by atoms with Crippen LogP contribution in [0, 0.1) is 0 Å². The van der Waals surface area contributed by atoms with E-state index in [-0.39, 0.29) is 17.0 Å². The molecule has 8 nitrogen and oxygen atoms in total. The Hall–Kier alpha value is -1.49. The molecule has 0 unspecified atom stereocenters. The summed E-state index contributed by atoms with van der Waals surface area (Å²) in [4.78, 5) is 0.273. The summed E-state index contributed by atoms with van der Waals surface area (Å²) < 4.78 is 36.2. The molecule has 10 heteroatoms. The molecule has 1 aromatic heterocycles. The van der Waals surface area contributed by atoms with Crippen LogP contribution < -0.4 is 5.32 Å². The van der Waals surface area contributed by atoms with Crippen molar-refractivity contribution in [3.63, 3.8) is 0 Å². The Labute approximate surface area is 162 Å². The third-order valence-electron chi connectivity index (χ3n) is 4.90. The summed E-state index contributed by atoms with van der Waals surface area (Å²) in [7, 11) is -3.22. The topological polar surface area (TPSA) is 103 Å². The molecule has 2 bridgehead atoms. The average molecular weight is 414 g/mol. The first-order valence-electron chi connectivity index (χ1n) is 8.50. The molecule has 2 saturated heterocycles. The van der Waals surface area contributed by atoms with Crippen LogP contribution in [0.1, 0.15) is 11.6 Å². The zero-order valence-corrected chi connectivity index (χ0v) is 16.1. The van der Waals surface area contributed by atoms with Gasteiger partial charge >= 0.3 is 0 Å². The SMILES string of the molecule is CS(=O)(=O)c1ccc(CN[C@H]2[C@H](O)[C@@H](n3cc(Cl)cn3)[C@@H]3OC[C@H]2O3)cc1. The molecule has 1 aromatic carbocycles. The fraction of sp³-hybridized carbons (Fsp3) is 0.471. The summed E-state index contributed by atoms with van der Waals surface area (Å²) in [5.41, 5.74) is 0.898. The van der Waals surface area contributed by atoms with Gasteiger partial charge in [0.05, 0.1) is 34.9 Å². The summed E-state index contributed by atoms with van der Waals surface area (Å²) in [6, 6.07) is 5.76. The van der Waals surface area contributed by atoms with Crippen molar-refractivity contribution in [1.29, 1.82) is 0 Å². The Morgan fingerprint density at radius 3 is 2.74 bits per heavy atom. The van der Waals surface area contributed by atoms with Crippen LogP contribution in [0.3, 0.4) is 0 Å². The molecule has 0 radical (unpaired) electrons. The van der Waals surface area contributed by atoms with Crippen molar-refractivity contribution in [3.8, 4) is 0 Å². The van der Waals surface area contributed by atoms with Crippen molar-refractivity contribution < 1.29 is 23.0 Å². The monoisotopic (exact) mass is 413 g/mol. The molecule has 0 amide bonds. The molecule has 5 atom stereocenters. The molecule has 27 heavy (non-hydrogen) atoms. The number of fused-ring (bicyclic) bond motifs is 2. The van der Waals surface area contributed by atoms with Crippen LogP contribution in [0.15, 0.2) is 41.6 Å². The van der Waals surface area contributed by atoms with Crippen molar-refractivity contribution in [1.82, 2.24) is 15.1 Å². The minimum atomic E-state index is -3.22. The van der Waals surface area contributed by atoms with Crippen LogP contribution >= 0.6 is 11.6 Å². The van der Waals surface area contributed by atoms with Crippen LogP contribution in [0.5, 0.6) is 0 Å². The molecule has 2 aliphatic heterocycles. The molecule has 4 rings (SSSR count). The van der Waals surface area contributed by atoms with Gasteiger partial charge < -0.3 is 19.9 Å². The van der Waals surface area contributed by atoms with E-state index in [0.29, 0.717) is 18.2 Å². The second-order valence-electron chi connectivity index (χ2n) is 6.82. The number of aromatic nitrogens is 2. The van der Waals surface area contributed by atoms with Crippen LogP contribution in [0.4, 0.5) is 0 Å². The highest BCUT2D eigenvalue weighted by molar-refractivity contribution is 7.90. The number of nitrogens with one attached hydrogen (secondary N) is 1. The summed E-state index contributed by atoms with van der Waals surface area (Å²) in [5, 5.41) is 18.8. The van der Waals surface area contributed by atoms with Gasteiger partial charge in [-0.05, 0) is 17.7 Å². The van der Waals surface area contributed by atoms with E-state index in [2.05, 4.69) is 10.4 Å². The lowest BCUT2D eigenvalue weighted by Crippen LogP contribution is -2.57. The van der Waals surface area contributed by atoms with E-state index in [4.69, 9.17) is 21.1 Å². The number of rotatable bonds is 5. The number of hydrogen-bond donors (Lipinski definition) is 2. The third-order valence-corrected chi connectivity index (χ3v) is 6.22. The number of benzene rings is 1. The van der Waals surface area contributed by atoms with Gasteiger partial charge in [-0.15, -0.1) is 0 Å². The van der Waals surface area contributed by atoms with Crippen LogP contribution in [0.2, 0.25) is 5.02 Å². The molecule has 0 spiro atoms. The molecule has 0 aliphatic carbocycles. The van der Waals surface area contributed by atoms with Gasteiger partial charge in [-0.2, -0.15) is 5.10 Å². The maximum absolute atomic E-state index is 11.6. The van der Waals surface area contributed by atoms with Crippen molar-refractivity contribution in [2.45, 2.75) is 42.0 Å². The standard InChI is InChI=1S/C17H20ClN3O5S/c1-27(23,24)12-4-2-10(3-5-12)6-19-14-13-9-25-17(26-13)15(16(14)22)21-8-11(18)7-20-21/h2-5,7-8,13-17,19,22H,6,9H2,1H3/t13-,14-,15-,16+,17-/m1/s1. The first-order chi connectivity index (χ1) is 12.8. The average Bonchev–Trinajstić information content (AvgIpc) is 3.23. The summed E-state index contributed by atoms with van der Waals surface area (Å²) in [6.07, 6.45) is 2.66. The van der Waals surface area contributed by atoms with Crippen molar-refractivity contribution in [3.05, 3.63) is 47.2 Å². The maximum Gasteiger partial charge on any atom is 0.183 e. The van der Waals surface area contributed by atoms with Gasteiger partial charge in [0.25, 0.3) is 0 Å². The summed E-state index contributed by atoms with van der Waals surface area (Å²) >= 11 is 5.95. The Kier molecular flexibility index (Phi) is 5.00. The number of halogens is 1. The van der Waals surface area contributed by atoms with Gasteiger partial charge in [0.1, 0.15) is 12.1 Å². The van der Waals surface area contributed by atoms with E-state index in [0.717, 1.165) is 5.56 Å². The number of aliphatic hydroxyl groups is 1. The summed E-state index contributed by atoms with van der Waals surface area (Å²) in [6.45, 7) is 0.820. The number of ether oxygens (including phenoxy) is 2. The maximum atomic E-state index is 11.6. The van der Waals surface area contributed by atoms with E-state index >= 15 is 0 Å². The lowest BCUT2D eigenvalue weighted by molar-refractivity contribution is -0.168. The molecule has 2 N–H and O–H groups in total. The van der Waals surface area contributed by atoms with E-state index < -0.39 is 28.3 Å². The Bertz CT molecular complexity index is 917. The van der Waals surface area contributed by atoms with E-state index in [9.17, 15) is 13.5 Å². The molecule has 2 aliphatic rings. The van der Waals surface area contributed by atoms with Gasteiger partial charge in [0, 0.05) is 19.0 Å². The number of aliphatic hydroxyl groups excluding tert-OH is 1. The Balaban J connectivity index is 1.48. The zero-order valence-electron chi connectivity index (χ0n) is 14.5. The van der Waals surface area contributed by atoms with Gasteiger partial charge in [-0.3, -0.25) is 4.68 Å². The van der Waals surface area contributed by atoms with Gasteiger partial charge in [0.15, 0.2) is 16.1 Å². The quantitative estimate of drug-likeness (QED) is 0.745. The predicted molar refractivity (Wildman–Crippen MR) is 97.1 cm³/mol. The minimum absolute atomic E-state index is 0.273. The number of hydrogen-bond acceptors (Lipinski definition) is 7.